The summed E-state index contributed by atoms with van der Waals surface area (Å²) in [6.45, 7) is 0. The second kappa shape index (κ2) is 53.1. The number of rotatable bonds is 0. The molecule has 0 unspecified atom stereocenters. The first-order valence-corrected chi connectivity index (χ1v) is 0. The average Bonchev–Trinajstić information content (AvgIpc) is 0. The van der Waals surface area contributed by atoms with Gasteiger partial charge >= 0.3 is 65.4 Å². The van der Waals surface area contributed by atoms with Crippen LogP contribution in [0.15, 0.2) is 0 Å². The van der Waals surface area contributed by atoms with Crippen LogP contribution in [0.3, 0.4) is 0 Å². The molecule has 0 N–H and O–H groups in total. The third-order valence-corrected chi connectivity index (χ3v) is 0. The van der Waals surface area contributed by atoms with Crippen LogP contribution < -0.4 is 0 Å². The molecule has 0 aliphatic rings. The van der Waals surface area contributed by atoms with Gasteiger partial charge in [-0.15, -0.1) is 12.4 Å². The average molecular weight is 262 g/mol. The molecular weight excluding hydrogens is 261 g/mol. The fourth-order valence-corrected chi connectivity index (χ4v) is 0. The Balaban J connectivity index is 0. The molecule has 0 rings (SSSR count). The number of hydrogen-bond acceptors (Lipinski definition) is 0. The third-order valence-electron chi connectivity index (χ3n) is 0. The summed E-state index contributed by atoms with van der Waals surface area (Å²) in [5.74, 6) is 0. The fourth-order valence-electron chi connectivity index (χ4n) is 0. The summed E-state index contributed by atoms with van der Waals surface area (Å²) in [4.78, 5) is 0. The van der Waals surface area contributed by atoms with Crippen LogP contribution in [0.25, 0.3) is 0 Å². The van der Waals surface area contributed by atoms with E-state index in [1.807, 2.05) is 0 Å². The van der Waals surface area contributed by atoms with Crippen molar-refractivity contribution in [3.8, 4) is 0 Å². The zero-order valence-electron chi connectivity index (χ0n) is 2.79. The minimum atomic E-state index is 0. The topological polar surface area (TPSA) is 85.5 Å². The second-order valence-corrected chi connectivity index (χ2v) is 0. The van der Waals surface area contributed by atoms with Gasteiger partial charge in [0.05, 0.1) is 0 Å². The summed E-state index contributed by atoms with van der Waals surface area (Å²) >= 11 is 0. The van der Waals surface area contributed by atoms with E-state index in [-0.39, 0.29) is 94.3 Å². The summed E-state index contributed by atoms with van der Waals surface area (Å²) in [6, 6.07) is 0. The van der Waals surface area contributed by atoms with E-state index in [0.29, 0.717) is 0 Å². The van der Waals surface area contributed by atoms with Gasteiger partial charge in [0.1, 0.15) is 0 Å². The van der Waals surface area contributed by atoms with E-state index in [0.717, 1.165) is 0 Å². The molecule has 0 saturated carbocycles. The van der Waals surface area contributed by atoms with Gasteiger partial charge < -0.3 is 16.4 Å². The van der Waals surface area contributed by atoms with Crippen LogP contribution in [0.4, 0.5) is 0 Å². The molecule has 0 aromatic carbocycles. The summed E-state index contributed by atoms with van der Waals surface area (Å²) in [7, 11) is 0. The molecule has 0 atom stereocenters. The zero-order valence-corrected chi connectivity index (χ0v) is 9.28. The third kappa shape index (κ3) is 32.6. The van der Waals surface area contributed by atoms with Gasteiger partial charge in [0, 0.05) is 0 Å². The molecule has 0 spiro atoms. The van der Waals surface area contributed by atoms with E-state index >= 15 is 0 Å². The number of halogens is 1. The Hall–Kier alpha value is 2.38. The van der Waals surface area contributed by atoms with Gasteiger partial charge in [-0.05, 0) is 0 Å². The van der Waals surface area contributed by atoms with Gasteiger partial charge in [-0.2, -0.15) is 0 Å². The van der Waals surface area contributed by atoms with Crippen LogP contribution in [0.1, 0.15) is 0 Å². The van der Waals surface area contributed by atoms with Crippen molar-refractivity contribution >= 4 is 12.4 Å². The molecule has 0 aromatic rings. The van der Waals surface area contributed by atoms with Crippen LogP contribution in [0.5, 0.6) is 0 Å². The van der Waals surface area contributed by atoms with Crippen molar-refractivity contribution in [1.82, 2.24) is 0 Å². The fraction of sp³-hybridized carbons (Fsp3) is 0. The minimum Gasteiger partial charge on any atom is -2.00 e. The SMILES string of the molecule is Cl.[O-2].[O-2].[O-2].[Y+3].[Y+3]. The Labute approximate surface area is 92.7 Å². The van der Waals surface area contributed by atoms with Crippen molar-refractivity contribution in [2.45, 2.75) is 0 Å². The van der Waals surface area contributed by atoms with Crippen molar-refractivity contribution < 1.29 is 81.8 Å². The molecule has 0 radical (unpaired) electrons. The molecule has 32 valence electrons. The summed E-state index contributed by atoms with van der Waals surface area (Å²) in [6.07, 6.45) is 0. The van der Waals surface area contributed by atoms with Crippen molar-refractivity contribution in [2.75, 3.05) is 0 Å². The predicted molar refractivity (Wildman–Crippen MR) is 9.31 cm³/mol. The molecule has 0 aliphatic carbocycles. The van der Waals surface area contributed by atoms with Crippen LogP contribution in [-0.2, 0) is 81.8 Å². The molecule has 0 amide bonds. The van der Waals surface area contributed by atoms with E-state index < -0.39 is 0 Å². The zero-order chi connectivity index (χ0) is 0. The van der Waals surface area contributed by atoms with Crippen LogP contribution in [0, 0.1) is 0 Å². The molecule has 0 fully saturated rings. The van der Waals surface area contributed by atoms with Gasteiger partial charge in [0.2, 0.25) is 0 Å². The minimum absolute atomic E-state index is 0. The van der Waals surface area contributed by atoms with E-state index in [1.54, 1.807) is 0 Å². The van der Waals surface area contributed by atoms with Crippen LogP contribution in [-0.4, -0.2) is 0 Å². The quantitative estimate of drug-likeness (QED) is 0.591. The maximum Gasteiger partial charge on any atom is 3.00 e. The molecule has 3 nitrogen and oxygen atoms in total. The summed E-state index contributed by atoms with van der Waals surface area (Å²) in [5, 5.41) is 0. The van der Waals surface area contributed by atoms with Gasteiger partial charge in [-0.1, -0.05) is 0 Å². The maximum absolute atomic E-state index is 0. The molecule has 0 heterocycles. The molecule has 0 aliphatic heterocycles. The number of hydrogen-bond donors (Lipinski definition) is 0. The molecular formula is HClO3Y2. The molecule has 0 bridgehead atoms. The Morgan fingerprint density at radius 2 is 0.500 bits per heavy atom. The monoisotopic (exact) mass is 262 g/mol. The van der Waals surface area contributed by atoms with Crippen molar-refractivity contribution in [2.24, 2.45) is 0 Å². The van der Waals surface area contributed by atoms with Gasteiger partial charge in [-0.25, -0.2) is 0 Å². The van der Waals surface area contributed by atoms with Crippen molar-refractivity contribution in [3.63, 3.8) is 0 Å². The summed E-state index contributed by atoms with van der Waals surface area (Å²) < 4.78 is 0. The molecule has 6 heteroatoms. The molecule has 0 aromatic heterocycles. The Bertz CT molecular complexity index is 8.75. The Morgan fingerprint density at radius 1 is 0.500 bits per heavy atom. The van der Waals surface area contributed by atoms with Gasteiger partial charge in [0.25, 0.3) is 0 Å². The van der Waals surface area contributed by atoms with E-state index in [9.17, 15) is 0 Å². The smallest absolute Gasteiger partial charge is 2.00 e. The predicted octanol–water partition coefficient (Wildman–Crippen LogP) is 0.0604. The first-order valence-electron chi connectivity index (χ1n) is 0. The molecule has 6 heavy (non-hydrogen) atoms. The van der Waals surface area contributed by atoms with Gasteiger partial charge in [0.15, 0.2) is 0 Å². The normalized spacial score (nSPS) is 0. The first kappa shape index (κ1) is 80.7. The first-order chi connectivity index (χ1) is 0. The van der Waals surface area contributed by atoms with E-state index in [2.05, 4.69) is 0 Å². The van der Waals surface area contributed by atoms with Gasteiger partial charge in [-0.3, -0.25) is 0 Å². The van der Waals surface area contributed by atoms with Crippen molar-refractivity contribution in [1.29, 1.82) is 0 Å². The van der Waals surface area contributed by atoms with Crippen LogP contribution >= 0.6 is 12.4 Å². The van der Waals surface area contributed by atoms with E-state index in [1.165, 1.54) is 0 Å². The largest absolute Gasteiger partial charge is 3.00 e. The van der Waals surface area contributed by atoms with Crippen molar-refractivity contribution in [3.05, 3.63) is 0 Å². The Morgan fingerprint density at radius 3 is 0.500 bits per heavy atom. The second-order valence-electron chi connectivity index (χ2n) is 0. The summed E-state index contributed by atoms with van der Waals surface area (Å²) in [5.41, 5.74) is 0. The van der Waals surface area contributed by atoms with E-state index in [4.69, 9.17) is 0 Å². The van der Waals surface area contributed by atoms with Crippen LogP contribution in [0.2, 0.25) is 0 Å². The maximum atomic E-state index is 0. The standard InChI is InChI=1S/ClH.3O.2Y/h1H;;;;;/q;3*-2;2*+3. The molecule has 0 saturated heterocycles. The Kier molecular flexibility index (Phi) is 714.